The fourth-order valence-corrected chi connectivity index (χ4v) is 2.45. The van der Waals surface area contributed by atoms with Crippen LogP contribution in [-0.4, -0.2) is 38.5 Å². The normalized spacial score (nSPS) is 20.8. The minimum absolute atomic E-state index is 0.126. The largest absolute Gasteiger partial charge is 0.335 e. The Morgan fingerprint density at radius 3 is 2.65 bits per heavy atom. The molecule has 108 valence electrons. The van der Waals surface area contributed by atoms with Crippen molar-refractivity contribution < 1.29 is 8.78 Å². The van der Waals surface area contributed by atoms with E-state index in [-0.39, 0.29) is 23.7 Å². The molecular formula is C12H15F2N5O. The second kappa shape index (κ2) is 3.77. The molecule has 0 amide bonds. The van der Waals surface area contributed by atoms with Gasteiger partial charge in [-0.1, -0.05) is 13.8 Å². The standard InChI is InChI=1S/C12H15F2N5O/c1-11(2)4-19(5-12(11,13)14)10-16-8-7(9(20)17-10)18(3)6-15-8/h6H,4-5H2,1-3H3,(H,16,17,20). The minimum Gasteiger partial charge on any atom is -0.335 e. The number of halogens is 2. The van der Waals surface area contributed by atoms with E-state index in [9.17, 15) is 13.6 Å². The summed E-state index contributed by atoms with van der Waals surface area (Å²) >= 11 is 0. The summed E-state index contributed by atoms with van der Waals surface area (Å²) in [6, 6.07) is 0. The van der Waals surface area contributed by atoms with Crippen LogP contribution in [0.2, 0.25) is 0 Å². The molecule has 20 heavy (non-hydrogen) atoms. The number of aromatic nitrogens is 4. The van der Waals surface area contributed by atoms with Crippen LogP contribution in [0.5, 0.6) is 0 Å². The van der Waals surface area contributed by atoms with E-state index < -0.39 is 17.9 Å². The topological polar surface area (TPSA) is 66.8 Å². The second-order valence-corrected chi connectivity index (χ2v) is 5.86. The quantitative estimate of drug-likeness (QED) is 0.852. The zero-order valence-corrected chi connectivity index (χ0v) is 11.4. The lowest BCUT2D eigenvalue weighted by Crippen LogP contribution is -2.34. The van der Waals surface area contributed by atoms with E-state index in [1.807, 2.05) is 0 Å². The summed E-state index contributed by atoms with van der Waals surface area (Å²) in [5.41, 5.74) is -0.943. The third-order valence-corrected chi connectivity index (χ3v) is 3.84. The Hall–Kier alpha value is -1.99. The first-order chi connectivity index (χ1) is 9.21. The maximum Gasteiger partial charge on any atom is 0.278 e. The monoisotopic (exact) mass is 283 g/mol. The van der Waals surface area contributed by atoms with Gasteiger partial charge in [-0.15, -0.1) is 0 Å². The SMILES string of the molecule is Cn1cnc2nc(N3CC(C)(C)C(F)(F)C3)[nH]c(=O)c21. The Morgan fingerprint density at radius 1 is 1.35 bits per heavy atom. The molecule has 0 aromatic carbocycles. The summed E-state index contributed by atoms with van der Waals surface area (Å²) in [6.07, 6.45) is 1.47. The van der Waals surface area contributed by atoms with Crippen molar-refractivity contribution in [1.29, 1.82) is 0 Å². The molecule has 0 spiro atoms. The van der Waals surface area contributed by atoms with Crippen molar-refractivity contribution in [2.24, 2.45) is 12.5 Å². The maximum atomic E-state index is 13.9. The molecule has 0 radical (unpaired) electrons. The number of rotatable bonds is 1. The molecule has 1 saturated heterocycles. The molecule has 6 nitrogen and oxygen atoms in total. The number of anilines is 1. The molecule has 0 atom stereocenters. The van der Waals surface area contributed by atoms with E-state index in [2.05, 4.69) is 15.0 Å². The van der Waals surface area contributed by atoms with E-state index in [0.717, 1.165) is 0 Å². The number of fused-ring (bicyclic) bond motifs is 1. The highest BCUT2D eigenvalue weighted by molar-refractivity contribution is 5.70. The van der Waals surface area contributed by atoms with E-state index in [1.165, 1.54) is 25.1 Å². The molecule has 1 fully saturated rings. The fraction of sp³-hybridized carbons (Fsp3) is 0.583. The molecule has 3 heterocycles. The average Bonchev–Trinajstić information content (AvgIpc) is 2.78. The third kappa shape index (κ3) is 1.70. The van der Waals surface area contributed by atoms with Crippen molar-refractivity contribution in [2.75, 3.05) is 18.0 Å². The molecule has 1 N–H and O–H groups in total. The van der Waals surface area contributed by atoms with Crippen LogP contribution < -0.4 is 10.5 Å². The van der Waals surface area contributed by atoms with Gasteiger partial charge in [0.25, 0.3) is 11.5 Å². The van der Waals surface area contributed by atoms with Gasteiger partial charge in [0.1, 0.15) is 0 Å². The van der Waals surface area contributed by atoms with Crippen LogP contribution in [-0.2, 0) is 7.05 Å². The summed E-state index contributed by atoms with van der Waals surface area (Å²) in [5.74, 6) is -2.68. The number of alkyl halides is 2. The van der Waals surface area contributed by atoms with Gasteiger partial charge in [-0.2, -0.15) is 4.98 Å². The van der Waals surface area contributed by atoms with Crippen molar-refractivity contribution >= 4 is 17.1 Å². The summed E-state index contributed by atoms with van der Waals surface area (Å²) < 4.78 is 29.3. The molecular weight excluding hydrogens is 268 g/mol. The predicted octanol–water partition coefficient (Wildman–Crippen LogP) is 1.14. The molecule has 3 rings (SSSR count). The van der Waals surface area contributed by atoms with Crippen molar-refractivity contribution in [3.05, 3.63) is 16.7 Å². The Labute approximate surface area is 113 Å². The van der Waals surface area contributed by atoms with Gasteiger partial charge in [0, 0.05) is 19.0 Å². The fourth-order valence-electron chi connectivity index (χ4n) is 2.45. The zero-order chi connectivity index (χ0) is 14.7. The molecule has 2 aromatic rings. The van der Waals surface area contributed by atoms with Crippen molar-refractivity contribution in [3.8, 4) is 0 Å². The van der Waals surface area contributed by atoms with Crippen molar-refractivity contribution in [3.63, 3.8) is 0 Å². The highest BCUT2D eigenvalue weighted by Gasteiger charge is 2.54. The van der Waals surface area contributed by atoms with Crippen LogP contribution in [0.1, 0.15) is 13.8 Å². The van der Waals surface area contributed by atoms with Crippen molar-refractivity contribution in [2.45, 2.75) is 19.8 Å². The zero-order valence-electron chi connectivity index (χ0n) is 11.4. The highest BCUT2D eigenvalue weighted by atomic mass is 19.3. The van der Waals surface area contributed by atoms with Crippen LogP contribution in [0.4, 0.5) is 14.7 Å². The van der Waals surface area contributed by atoms with E-state index in [4.69, 9.17) is 0 Å². The third-order valence-electron chi connectivity index (χ3n) is 3.84. The molecule has 0 aliphatic carbocycles. The van der Waals surface area contributed by atoms with Gasteiger partial charge in [-0.25, -0.2) is 13.8 Å². The molecule has 1 aliphatic heterocycles. The molecule has 0 unspecified atom stereocenters. The Bertz CT molecular complexity index is 717. The number of aromatic amines is 1. The summed E-state index contributed by atoms with van der Waals surface area (Å²) in [4.78, 5) is 24.1. The van der Waals surface area contributed by atoms with Crippen LogP contribution >= 0.6 is 0 Å². The molecule has 2 aromatic heterocycles. The van der Waals surface area contributed by atoms with E-state index in [1.54, 1.807) is 11.6 Å². The lowest BCUT2D eigenvalue weighted by Gasteiger charge is -2.23. The number of hydrogen-bond donors (Lipinski definition) is 1. The highest BCUT2D eigenvalue weighted by Crippen LogP contribution is 2.43. The number of H-pyrrole nitrogens is 1. The predicted molar refractivity (Wildman–Crippen MR) is 70.1 cm³/mol. The van der Waals surface area contributed by atoms with Crippen LogP contribution in [0.15, 0.2) is 11.1 Å². The molecule has 0 saturated carbocycles. The van der Waals surface area contributed by atoms with Gasteiger partial charge in [0.05, 0.1) is 12.9 Å². The smallest absolute Gasteiger partial charge is 0.278 e. The van der Waals surface area contributed by atoms with Gasteiger partial charge in [0.15, 0.2) is 11.2 Å². The van der Waals surface area contributed by atoms with Crippen molar-refractivity contribution in [1.82, 2.24) is 19.5 Å². The number of aryl methyl sites for hydroxylation is 1. The second-order valence-electron chi connectivity index (χ2n) is 5.86. The lowest BCUT2D eigenvalue weighted by atomic mass is 9.89. The lowest BCUT2D eigenvalue weighted by molar-refractivity contribution is -0.0643. The first-order valence-electron chi connectivity index (χ1n) is 6.25. The van der Waals surface area contributed by atoms with E-state index in [0.29, 0.717) is 5.52 Å². The first-order valence-corrected chi connectivity index (χ1v) is 6.25. The van der Waals surface area contributed by atoms with Gasteiger partial charge in [0.2, 0.25) is 5.95 Å². The summed E-state index contributed by atoms with van der Waals surface area (Å²) in [6.45, 7) is 2.68. The van der Waals surface area contributed by atoms with Crippen LogP contribution in [0.25, 0.3) is 11.2 Å². The Kier molecular flexibility index (Phi) is 2.45. The van der Waals surface area contributed by atoms with Crippen LogP contribution in [0.3, 0.4) is 0 Å². The Morgan fingerprint density at radius 2 is 2.05 bits per heavy atom. The van der Waals surface area contributed by atoms with Gasteiger partial charge >= 0.3 is 0 Å². The maximum absolute atomic E-state index is 13.9. The average molecular weight is 283 g/mol. The number of hydrogen-bond acceptors (Lipinski definition) is 4. The van der Waals surface area contributed by atoms with Gasteiger partial charge < -0.3 is 9.47 Å². The van der Waals surface area contributed by atoms with E-state index >= 15 is 0 Å². The first kappa shape index (κ1) is 13.0. The Balaban J connectivity index is 2.07. The van der Waals surface area contributed by atoms with Crippen LogP contribution in [0, 0.1) is 5.41 Å². The molecule has 0 bridgehead atoms. The summed E-state index contributed by atoms with van der Waals surface area (Å²) in [5, 5.41) is 0. The minimum atomic E-state index is -2.83. The number of imidazole rings is 1. The summed E-state index contributed by atoms with van der Waals surface area (Å²) in [7, 11) is 1.68. The number of nitrogens with one attached hydrogen (secondary N) is 1. The molecule has 8 heteroatoms. The number of nitrogens with zero attached hydrogens (tertiary/aromatic N) is 4. The molecule has 1 aliphatic rings. The van der Waals surface area contributed by atoms with Gasteiger partial charge in [-0.3, -0.25) is 9.78 Å². The van der Waals surface area contributed by atoms with Gasteiger partial charge in [-0.05, 0) is 0 Å².